The number of phenolic OH excluding ortho intramolecular Hbond substituents is 1. The maximum Gasteiger partial charge on any atom is 0.240 e. The molecular weight excluding hydrogens is 348 g/mol. The van der Waals surface area contributed by atoms with Crippen molar-refractivity contribution in [3.63, 3.8) is 0 Å². The second-order valence-electron chi connectivity index (χ2n) is 6.11. The summed E-state index contributed by atoms with van der Waals surface area (Å²) in [4.78, 5) is 12.2. The van der Waals surface area contributed by atoms with E-state index in [2.05, 4.69) is 5.10 Å². The molecule has 0 saturated carbocycles. The van der Waals surface area contributed by atoms with E-state index in [0.29, 0.717) is 34.9 Å². The van der Waals surface area contributed by atoms with E-state index in [9.17, 15) is 9.90 Å². The van der Waals surface area contributed by atoms with Crippen molar-refractivity contribution in [1.29, 1.82) is 0 Å². The monoisotopic (exact) mass is 370 g/mol. The van der Waals surface area contributed by atoms with Gasteiger partial charge in [0.1, 0.15) is 5.75 Å². The number of benzene rings is 2. The number of ether oxygens (including phenoxy) is 3. The number of carbonyl (C=O) groups excluding carboxylic acids is 1. The summed E-state index contributed by atoms with van der Waals surface area (Å²) >= 11 is 0. The van der Waals surface area contributed by atoms with Crippen LogP contribution in [0, 0.1) is 0 Å². The number of phenols is 1. The lowest BCUT2D eigenvalue weighted by molar-refractivity contribution is -0.130. The SMILES string of the molecule is COc1cc([C@H]2CC(c3ccccc3O)=NN2C(C)=O)cc(OC)c1OC. The Balaban J connectivity index is 2.04. The molecule has 1 heterocycles. The molecule has 27 heavy (non-hydrogen) atoms. The highest BCUT2D eigenvalue weighted by molar-refractivity contribution is 6.05. The zero-order chi connectivity index (χ0) is 19.6. The second kappa shape index (κ2) is 7.57. The molecule has 0 unspecified atom stereocenters. The predicted molar refractivity (Wildman–Crippen MR) is 101 cm³/mol. The lowest BCUT2D eigenvalue weighted by Crippen LogP contribution is -2.24. The van der Waals surface area contributed by atoms with Crippen molar-refractivity contribution in [2.24, 2.45) is 5.10 Å². The summed E-state index contributed by atoms with van der Waals surface area (Å²) < 4.78 is 16.2. The first-order chi connectivity index (χ1) is 13.0. The third kappa shape index (κ3) is 3.40. The van der Waals surface area contributed by atoms with Gasteiger partial charge in [-0.1, -0.05) is 12.1 Å². The third-order valence-corrected chi connectivity index (χ3v) is 4.52. The minimum Gasteiger partial charge on any atom is -0.507 e. The number of nitrogens with zero attached hydrogens (tertiary/aromatic N) is 2. The zero-order valence-electron chi connectivity index (χ0n) is 15.7. The number of aromatic hydroxyl groups is 1. The van der Waals surface area contributed by atoms with Crippen LogP contribution in [0.3, 0.4) is 0 Å². The van der Waals surface area contributed by atoms with Crippen molar-refractivity contribution < 1.29 is 24.1 Å². The number of methoxy groups -OCH3 is 3. The van der Waals surface area contributed by atoms with Crippen LogP contribution in [0.4, 0.5) is 0 Å². The predicted octanol–water partition coefficient (Wildman–Crippen LogP) is 3.12. The number of hydrogen-bond acceptors (Lipinski definition) is 6. The van der Waals surface area contributed by atoms with Crippen LogP contribution in [-0.2, 0) is 4.79 Å². The first-order valence-corrected chi connectivity index (χ1v) is 8.45. The van der Waals surface area contributed by atoms with Crippen molar-refractivity contribution in [2.75, 3.05) is 21.3 Å². The van der Waals surface area contributed by atoms with Crippen LogP contribution >= 0.6 is 0 Å². The van der Waals surface area contributed by atoms with Crippen LogP contribution in [-0.4, -0.2) is 43.1 Å². The number of hydrazone groups is 1. The Kier molecular flexibility index (Phi) is 5.21. The smallest absolute Gasteiger partial charge is 0.240 e. The Morgan fingerprint density at radius 3 is 2.26 bits per heavy atom. The van der Waals surface area contributed by atoms with Gasteiger partial charge in [-0.3, -0.25) is 4.79 Å². The molecule has 0 spiro atoms. The van der Waals surface area contributed by atoms with Gasteiger partial charge in [-0.2, -0.15) is 5.10 Å². The Labute approximate surface area is 157 Å². The van der Waals surface area contributed by atoms with Crippen molar-refractivity contribution in [3.8, 4) is 23.0 Å². The van der Waals surface area contributed by atoms with Gasteiger partial charge in [-0.25, -0.2) is 5.01 Å². The second-order valence-corrected chi connectivity index (χ2v) is 6.11. The van der Waals surface area contributed by atoms with Gasteiger partial charge in [0.15, 0.2) is 11.5 Å². The first kappa shape index (κ1) is 18.6. The molecule has 0 saturated heterocycles. The highest BCUT2D eigenvalue weighted by atomic mass is 16.5. The summed E-state index contributed by atoms with van der Waals surface area (Å²) in [6.07, 6.45) is 0.454. The van der Waals surface area contributed by atoms with Crippen molar-refractivity contribution in [3.05, 3.63) is 47.5 Å². The van der Waals surface area contributed by atoms with Crippen LogP contribution < -0.4 is 14.2 Å². The Morgan fingerprint density at radius 2 is 1.74 bits per heavy atom. The highest BCUT2D eigenvalue weighted by Gasteiger charge is 2.33. The summed E-state index contributed by atoms with van der Waals surface area (Å²) in [5.41, 5.74) is 2.05. The van der Waals surface area contributed by atoms with Crippen molar-refractivity contribution in [2.45, 2.75) is 19.4 Å². The average molecular weight is 370 g/mol. The van der Waals surface area contributed by atoms with Crippen LogP contribution in [0.15, 0.2) is 41.5 Å². The maximum atomic E-state index is 12.2. The van der Waals surface area contributed by atoms with Gasteiger partial charge >= 0.3 is 0 Å². The Morgan fingerprint density at radius 1 is 1.11 bits per heavy atom. The van der Waals surface area contributed by atoms with Gasteiger partial charge in [-0.15, -0.1) is 0 Å². The summed E-state index contributed by atoms with van der Waals surface area (Å²) in [7, 11) is 4.63. The van der Waals surface area contributed by atoms with Gasteiger partial charge < -0.3 is 19.3 Å². The van der Waals surface area contributed by atoms with Gasteiger partial charge in [0.2, 0.25) is 11.7 Å². The fourth-order valence-corrected chi connectivity index (χ4v) is 3.23. The molecule has 1 aliphatic rings. The first-order valence-electron chi connectivity index (χ1n) is 8.45. The molecule has 1 N–H and O–H groups in total. The zero-order valence-corrected chi connectivity index (χ0v) is 15.7. The molecule has 1 aliphatic heterocycles. The molecule has 2 aromatic carbocycles. The highest BCUT2D eigenvalue weighted by Crippen LogP contribution is 2.43. The van der Waals surface area contributed by atoms with Crippen LogP contribution in [0.2, 0.25) is 0 Å². The van der Waals surface area contributed by atoms with Gasteiger partial charge in [0, 0.05) is 18.9 Å². The van der Waals surface area contributed by atoms with Crippen LogP contribution in [0.5, 0.6) is 23.0 Å². The van der Waals surface area contributed by atoms with E-state index in [0.717, 1.165) is 5.56 Å². The lowest BCUT2D eigenvalue weighted by atomic mass is 9.97. The largest absolute Gasteiger partial charge is 0.507 e. The van der Waals surface area contributed by atoms with E-state index in [-0.39, 0.29) is 17.7 Å². The molecule has 1 amide bonds. The summed E-state index contributed by atoms with van der Waals surface area (Å²) in [5.74, 6) is 1.43. The minimum atomic E-state index is -0.342. The number of rotatable bonds is 5. The summed E-state index contributed by atoms with van der Waals surface area (Å²) in [6.45, 7) is 1.46. The molecule has 0 radical (unpaired) electrons. The number of hydrogen-bond donors (Lipinski definition) is 1. The molecule has 142 valence electrons. The van der Waals surface area contributed by atoms with E-state index in [4.69, 9.17) is 14.2 Å². The quantitative estimate of drug-likeness (QED) is 0.875. The van der Waals surface area contributed by atoms with Crippen molar-refractivity contribution in [1.82, 2.24) is 5.01 Å². The average Bonchev–Trinajstić information content (AvgIpc) is 3.12. The molecule has 7 heteroatoms. The van der Waals surface area contributed by atoms with Gasteiger partial charge in [-0.05, 0) is 29.8 Å². The topological polar surface area (TPSA) is 80.6 Å². The maximum absolute atomic E-state index is 12.2. The van der Waals surface area contributed by atoms with E-state index < -0.39 is 0 Å². The number of carbonyl (C=O) groups is 1. The van der Waals surface area contributed by atoms with E-state index >= 15 is 0 Å². The molecule has 0 aromatic heterocycles. The lowest BCUT2D eigenvalue weighted by Gasteiger charge is -2.22. The fourth-order valence-electron chi connectivity index (χ4n) is 3.23. The normalized spacial score (nSPS) is 16.1. The number of amides is 1. The van der Waals surface area contributed by atoms with E-state index in [1.165, 1.54) is 19.0 Å². The summed E-state index contributed by atoms with van der Waals surface area (Å²) in [5, 5.41) is 16.0. The van der Waals surface area contributed by atoms with Gasteiger partial charge in [0.25, 0.3) is 0 Å². The molecule has 3 rings (SSSR count). The molecule has 0 bridgehead atoms. The standard InChI is InChI=1S/C20H22N2O5/c1-12(23)22-16(11-15(21-22)14-7-5-6-8-17(14)24)13-9-18(25-2)20(27-4)19(10-13)26-3/h5-10,16,24H,11H2,1-4H3/t16-/m1/s1. The van der Waals surface area contributed by atoms with E-state index in [1.807, 2.05) is 18.2 Å². The summed E-state index contributed by atoms with van der Waals surface area (Å²) in [6, 6.07) is 10.2. The molecular formula is C20H22N2O5. The van der Waals surface area contributed by atoms with E-state index in [1.54, 1.807) is 32.4 Å². The molecule has 0 aliphatic carbocycles. The molecule has 2 aromatic rings. The Hall–Kier alpha value is -3.22. The number of para-hydroxylation sites is 1. The van der Waals surface area contributed by atoms with Crippen LogP contribution in [0.25, 0.3) is 0 Å². The van der Waals surface area contributed by atoms with Gasteiger partial charge in [0.05, 0.1) is 33.1 Å². The van der Waals surface area contributed by atoms with Crippen LogP contribution in [0.1, 0.15) is 30.5 Å². The molecule has 7 nitrogen and oxygen atoms in total. The van der Waals surface area contributed by atoms with Crippen molar-refractivity contribution >= 4 is 11.6 Å². The fraction of sp³-hybridized carbons (Fsp3) is 0.300. The minimum absolute atomic E-state index is 0.130. The Bertz CT molecular complexity index is 869. The molecule has 0 fully saturated rings. The third-order valence-electron chi connectivity index (χ3n) is 4.52. The molecule has 1 atom stereocenters.